The number of imidazole rings is 1. The van der Waals surface area contributed by atoms with Crippen molar-refractivity contribution >= 4 is 5.82 Å². The van der Waals surface area contributed by atoms with E-state index in [0.29, 0.717) is 12.8 Å². The molecule has 3 saturated carbocycles. The summed E-state index contributed by atoms with van der Waals surface area (Å²) in [6.45, 7) is 0. The molecule has 31 heavy (non-hydrogen) atoms. The summed E-state index contributed by atoms with van der Waals surface area (Å²) >= 11 is 0. The normalized spacial score (nSPS) is 27.0. The molecule has 2 bridgehead atoms. The maximum absolute atomic E-state index is 14.2. The summed E-state index contributed by atoms with van der Waals surface area (Å²) in [5, 5.41) is 9.83. The first-order valence-electron chi connectivity index (χ1n) is 9.32. The van der Waals surface area contributed by atoms with E-state index in [9.17, 15) is 35.8 Å². The molecule has 3 fully saturated rings. The number of fused-ring (bicyclic) bond motifs is 2. The van der Waals surface area contributed by atoms with Crippen molar-refractivity contribution in [1.29, 1.82) is 0 Å². The first-order valence-corrected chi connectivity index (χ1v) is 9.32. The third kappa shape index (κ3) is 4.14. The molecule has 1 unspecified atom stereocenters. The second-order valence-corrected chi connectivity index (χ2v) is 7.80. The number of nitrogens with zero attached hydrogens (tertiary/aromatic N) is 3. The van der Waals surface area contributed by atoms with E-state index in [4.69, 9.17) is 5.73 Å². The van der Waals surface area contributed by atoms with Crippen LogP contribution in [0.5, 0.6) is 5.75 Å². The van der Waals surface area contributed by atoms with Crippen molar-refractivity contribution in [1.82, 2.24) is 14.5 Å². The van der Waals surface area contributed by atoms with Gasteiger partial charge in [-0.2, -0.15) is 13.2 Å². The predicted molar refractivity (Wildman–Crippen MR) is 92.3 cm³/mol. The lowest BCUT2D eigenvalue weighted by Gasteiger charge is -2.49. The Balaban J connectivity index is 1.76. The molecule has 3 aliphatic rings. The number of rotatable bonds is 4. The second-order valence-electron chi connectivity index (χ2n) is 7.80. The third-order valence-corrected chi connectivity index (χ3v) is 5.81. The third-order valence-electron chi connectivity index (χ3n) is 5.81. The lowest BCUT2D eigenvalue weighted by molar-refractivity contribution is -0.274. The van der Waals surface area contributed by atoms with Gasteiger partial charge in [-0.3, -0.25) is 0 Å². The number of hydrogen-bond donors (Lipinski definition) is 2. The number of anilines is 1. The average molecular weight is 454 g/mol. The van der Waals surface area contributed by atoms with Gasteiger partial charge in [0.15, 0.2) is 11.6 Å². The zero-order valence-electron chi connectivity index (χ0n) is 15.7. The topological polar surface area (TPSA) is 86.2 Å². The number of aromatic nitrogens is 3. The molecular formula is C18H17F7N4O2. The van der Waals surface area contributed by atoms with Crippen molar-refractivity contribution in [3.8, 4) is 17.0 Å². The highest BCUT2D eigenvalue weighted by Gasteiger charge is 2.49. The molecular weight excluding hydrogens is 437 g/mol. The summed E-state index contributed by atoms with van der Waals surface area (Å²) in [5.41, 5.74) is 5.08. The number of pyridine rings is 1. The summed E-state index contributed by atoms with van der Waals surface area (Å²) in [5.74, 6) is -2.39. The van der Waals surface area contributed by atoms with Crippen molar-refractivity contribution in [2.24, 2.45) is 11.8 Å². The fourth-order valence-electron chi connectivity index (χ4n) is 4.24. The maximum atomic E-state index is 14.2. The van der Waals surface area contributed by atoms with Crippen LogP contribution in [0.25, 0.3) is 11.3 Å². The molecule has 0 radical (unpaired) electrons. The number of hydrogen-bond acceptors (Lipinski definition) is 5. The smallest absolute Gasteiger partial charge is 0.402 e. The molecule has 2 aromatic heterocycles. The monoisotopic (exact) mass is 454 g/mol. The van der Waals surface area contributed by atoms with Crippen LogP contribution in [0.15, 0.2) is 18.5 Å². The Morgan fingerprint density at radius 2 is 1.81 bits per heavy atom. The molecule has 6 nitrogen and oxygen atoms in total. The molecule has 2 aromatic rings. The predicted octanol–water partition coefficient (Wildman–Crippen LogP) is 4.33. The SMILES string of the molecule is Nc1ncc(-c2cn(C3C[C@H](F)C4CC3C4)c([C@@H](O)C(F)(F)F)n2)cc1OC(F)(F)F. The van der Waals surface area contributed by atoms with Gasteiger partial charge in [0, 0.05) is 24.0 Å². The highest BCUT2D eigenvalue weighted by Crippen LogP contribution is 2.53. The van der Waals surface area contributed by atoms with E-state index >= 15 is 0 Å². The van der Waals surface area contributed by atoms with E-state index in [1.54, 1.807) is 0 Å². The Hall–Kier alpha value is -2.57. The van der Waals surface area contributed by atoms with Crippen LogP contribution < -0.4 is 10.5 Å². The largest absolute Gasteiger partial charge is 0.573 e. The van der Waals surface area contributed by atoms with E-state index in [-0.39, 0.29) is 29.5 Å². The Kier molecular flexibility index (Phi) is 5.06. The van der Waals surface area contributed by atoms with E-state index in [1.165, 1.54) is 0 Å². The summed E-state index contributed by atoms with van der Waals surface area (Å²) in [4.78, 5) is 7.40. The van der Waals surface area contributed by atoms with Crippen LogP contribution in [0.2, 0.25) is 0 Å². The number of halogens is 7. The summed E-state index contributed by atoms with van der Waals surface area (Å²) in [7, 11) is 0. The van der Waals surface area contributed by atoms with Gasteiger partial charge >= 0.3 is 12.5 Å². The van der Waals surface area contributed by atoms with Crippen LogP contribution in [0.4, 0.5) is 36.6 Å². The van der Waals surface area contributed by atoms with Crippen molar-refractivity contribution in [2.45, 2.75) is 50.1 Å². The quantitative estimate of drug-likeness (QED) is 0.672. The number of nitrogen functional groups attached to an aromatic ring is 1. The van der Waals surface area contributed by atoms with Gasteiger partial charge in [0.05, 0.1) is 5.69 Å². The van der Waals surface area contributed by atoms with Gasteiger partial charge in [-0.1, -0.05) is 0 Å². The van der Waals surface area contributed by atoms with Crippen molar-refractivity contribution in [2.75, 3.05) is 5.73 Å². The van der Waals surface area contributed by atoms with Gasteiger partial charge in [-0.15, -0.1) is 13.2 Å². The summed E-state index contributed by atoms with van der Waals surface area (Å²) in [6, 6.07) is 0.172. The molecule has 170 valence electrons. The molecule has 0 amide bonds. The highest BCUT2D eigenvalue weighted by atomic mass is 19.4. The van der Waals surface area contributed by atoms with Crippen molar-refractivity contribution < 1.29 is 40.6 Å². The minimum Gasteiger partial charge on any atom is -0.402 e. The Bertz CT molecular complexity index is 969. The Morgan fingerprint density at radius 3 is 2.39 bits per heavy atom. The first-order chi connectivity index (χ1) is 14.3. The van der Waals surface area contributed by atoms with Gasteiger partial charge < -0.3 is 20.1 Å². The molecule has 0 aromatic carbocycles. The minimum atomic E-state index is -5.07. The van der Waals surface area contributed by atoms with Crippen LogP contribution in [0.3, 0.4) is 0 Å². The van der Waals surface area contributed by atoms with Crippen LogP contribution in [0.1, 0.15) is 37.2 Å². The molecule has 0 saturated heterocycles. The highest BCUT2D eigenvalue weighted by molar-refractivity contribution is 5.64. The Labute approximate surface area is 170 Å². The number of ether oxygens (including phenoxy) is 1. The number of alkyl halides is 7. The average Bonchev–Trinajstić information content (AvgIpc) is 3.04. The molecule has 3 atom stereocenters. The van der Waals surface area contributed by atoms with E-state index in [1.807, 2.05) is 0 Å². The molecule has 0 spiro atoms. The molecule has 2 heterocycles. The molecule has 3 aliphatic carbocycles. The van der Waals surface area contributed by atoms with Gasteiger partial charge in [-0.25, -0.2) is 14.4 Å². The lowest BCUT2D eigenvalue weighted by atomic mass is 9.61. The van der Waals surface area contributed by atoms with E-state index < -0.39 is 48.2 Å². The first kappa shape index (κ1) is 21.7. The van der Waals surface area contributed by atoms with Crippen LogP contribution in [-0.2, 0) is 0 Å². The number of aliphatic hydroxyl groups is 1. The number of nitrogens with two attached hydrogens (primary N) is 1. The van der Waals surface area contributed by atoms with Gasteiger partial charge in [0.2, 0.25) is 6.10 Å². The summed E-state index contributed by atoms with van der Waals surface area (Å²) < 4.78 is 96.5. The van der Waals surface area contributed by atoms with E-state index in [0.717, 1.165) is 23.0 Å². The Morgan fingerprint density at radius 1 is 1.13 bits per heavy atom. The zero-order chi connectivity index (χ0) is 22.7. The lowest BCUT2D eigenvalue weighted by Crippen LogP contribution is -2.45. The number of aliphatic hydroxyl groups excluding tert-OH is 1. The molecule has 3 N–H and O–H groups in total. The fourth-order valence-corrected chi connectivity index (χ4v) is 4.24. The molecule has 0 aliphatic heterocycles. The summed E-state index contributed by atoms with van der Waals surface area (Å²) in [6.07, 6.45) is -11.1. The van der Waals surface area contributed by atoms with E-state index in [2.05, 4.69) is 14.7 Å². The molecule has 5 rings (SSSR count). The maximum Gasteiger partial charge on any atom is 0.573 e. The fraction of sp³-hybridized carbons (Fsp3) is 0.556. The van der Waals surface area contributed by atoms with Gasteiger partial charge in [0.1, 0.15) is 12.0 Å². The standard InChI is InChI=1S/C18H17F7N4O2/c19-10-4-12(8-1-7(10)2-8)29-6-11(28-16(29)14(30)17(20,21)22)9-3-13(15(26)27-5-9)31-18(23,24)25/h3,5-8,10,12,14,30H,1-2,4H2,(H2,26,27)/t7?,8?,10-,12?,14+/m0/s1. The van der Waals surface area contributed by atoms with Crippen LogP contribution in [-0.4, -0.2) is 38.4 Å². The minimum absolute atomic E-state index is 0.0366. The van der Waals surface area contributed by atoms with Crippen molar-refractivity contribution in [3.05, 3.63) is 24.3 Å². The van der Waals surface area contributed by atoms with Gasteiger partial charge in [0.25, 0.3) is 0 Å². The molecule has 13 heteroatoms. The van der Waals surface area contributed by atoms with Crippen LogP contribution >= 0.6 is 0 Å². The van der Waals surface area contributed by atoms with Gasteiger partial charge in [-0.05, 0) is 37.2 Å². The second kappa shape index (κ2) is 7.24. The van der Waals surface area contributed by atoms with Crippen LogP contribution in [0, 0.1) is 11.8 Å². The zero-order valence-corrected chi connectivity index (χ0v) is 15.7. The van der Waals surface area contributed by atoms with Crippen molar-refractivity contribution in [3.63, 3.8) is 0 Å².